The highest BCUT2D eigenvalue weighted by molar-refractivity contribution is 9.08. The smallest absolute Gasteiger partial charge is 0.255 e. The summed E-state index contributed by atoms with van der Waals surface area (Å²) in [4.78, 5) is 12.0. The Morgan fingerprint density at radius 3 is 2.53 bits per heavy atom. The summed E-state index contributed by atoms with van der Waals surface area (Å²) in [7, 11) is 0. The van der Waals surface area contributed by atoms with Crippen LogP contribution in [0.2, 0.25) is 0 Å². The lowest BCUT2D eigenvalue weighted by Gasteiger charge is -2.05. The number of aryl methyl sites for hydroxylation is 1. The molecule has 0 spiro atoms. The summed E-state index contributed by atoms with van der Waals surface area (Å²) in [5.74, 6) is 0.641. The molecule has 0 atom stereocenters. The fourth-order valence-electron chi connectivity index (χ4n) is 1.84. The molecule has 1 amide bonds. The second kappa shape index (κ2) is 6.57. The number of hydrogen-bond acceptors (Lipinski definition) is 2. The molecule has 0 aliphatic rings. The summed E-state index contributed by atoms with van der Waals surface area (Å²) in [6.07, 6.45) is 2.27. The molecule has 1 aromatic carbocycles. The van der Waals surface area contributed by atoms with Crippen LogP contribution in [0.15, 0.2) is 41.0 Å². The van der Waals surface area contributed by atoms with Gasteiger partial charge in [-0.15, -0.1) is 0 Å². The van der Waals surface area contributed by atoms with E-state index in [9.17, 15) is 4.79 Å². The normalized spacial score (nSPS) is 10.4. The van der Waals surface area contributed by atoms with E-state index in [2.05, 4.69) is 21.2 Å². The molecule has 0 saturated heterocycles. The molecule has 0 fully saturated rings. The number of carbonyl (C=O) groups is 1. The van der Waals surface area contributed by atoms with E-state index in [0.717, 1.165) is 23.1 Å². The number of alkyl halides is 1. The third-order valence-corrected chi connectivity index (χ3v) is 3.59. The first-order valence-electron chi connectivity index (χ1n) is 6.23. The largest absolute Gasteiger partial charge is 0.469 e. The maximum atomic E-state index is 12.0. The minimum Gasteiger partial charge on any atom is -0.469 e. The van der Waals surface area contributed by atoms with Crippen LogP contribution < -0.4 is 5.32 Å². The first-order chi connectivity index (χ1) is 9.24. The molecule has 19 heavy (non-hydrogen) atoms. The zero-order chi connectivity index (χ0) is 13.7. The number of furan rings is 1. The van der Waals surface area contributed by atoms with Crippen molar-refractivity contribution in [2.45, 2.75) is 25.2 Å². The SMILES string of the molecule is CCc1occc1C(=O)NCc1ccc(CBr)cc1. The highest BCUT2D eigenvalue weighted by Gasteiger charge is 2.12. The summed E-state index contributed by atoms with van der Waals surface area (Å²) in [6.45, 7) is 2.49. The van der Waals surface area contributed by atoms with Gasteiger partial charge in [-0.25, -0.2) is 0 Å². The molecule has 3 nitrogen and oxygen atoms in total. The first kappa shape index (κ1) is 13.9. The molecule has 0 saturated carbocycles. The van der Waals surface area contributed by atoms with Crippen molar-refractivity contribution in [1.29, 1.82) is 0 Å². The Balaban J connectivity index is 1.96. The van der Waals surface area contributed by atoms with Crippen LogP contribution in [0.5, 0.6) is 0 Å². The van der Waals surface area contributed by atoms with Crippen molar-refractivity contribution in [3.63, 3.8) is 0 Å². The molecule has 0 unspecified atom stereocenters. The van der Waals surface area contributed by atoms with Gasteiger partial charge in [-0.2, -0.15) is 0 Å². The van der Waals surface area contributed by atoms with Crippen molar-refractivity contribution in [3.8, 4) is 0 Å². The topological polar surface area (TPSA) is 42.2 Å². The third kappa shape index (κ3) is 3.47. The summed E-state index contributed by atoms with van der Waals surface area (Å²) < 4.78 is 5.25. The summed E-state index contributed by atoms with van der Waals surface area (Å²) >= 11 is 3.41. The molecule has 2 rings (SSSR count). The molecule has 1 heterocycles. The minimum absolute atomic E-state index is 0.0878. The van der Waals surface area contributed by atoms with Crippen LogP contribution in [0.1, 0.15) is 34.2 Å². The Hall–Kier alpha value is -1.55. The van der Waals surface area contributed by atoms with E-state index in [1.165, 1.54) is 5.56 Å². The number of nitrogens with one attached hydrogen (secondary N) is 1. The lowest BCUT2D eigenvalue weighted by atomic mass is 10.1. The third-order valence-electron chi connectivity index (χ3n) is 2.94. The lowest BCUT2D eigenvalue weighted by molar-refractivity contribution is 0.0949. The minimum atomic E-state index is -0.0878. The van der Waals surface area contributed by atoms with Crippen molar-refractivity contribution in [3.05, 3.63) is 59.0 Å². The number of rotatable bonds is 5. The van der Waals surface area contributed by atoms with E-state index in [-0.39, 0.29) is 5.91 Å². The van der Waals surface area contributed by atoms with Crippen LogP contribution in [0, 0.1) is 0 Å². The molecule has 1 aromatic heterocycles. The summed E-state index contributed by atoms with van der Waals surface area (Å²) in [6, 6.07) is 9.85. The quantitative estimate of drug-likeness (QED) is 0.854. The number of amides is 1. The maximum absolute atomic E-state index is 12.0. The van der Waals surface area contributed by atoms with E-state index < -0.39 is 0 Å². The molecule has 0 aliphatic heterocycles. The van der Waals surface area contributed by atoms with Crippen molar-refractivity contribution in [2.75, 3.05) is 0 Å². The zero-order valence-corrected chi connectivity index (χ0v) is 12.4. The Labute approximate surface area is 121 Å². The van der Waals surface area contributed by atoms with Gasteiger partial charge in [0.15, 0.2) is 0 Å². The highest BCUT2D eigenvalue weighted by Crippen LogP contribution is 2.12. The molecule has 1 N–H and O–H groups in total. The van der Waals surface area contributed by atoms with Crippen LogP contribution in [0.25, 0.3) is 0 Å². The molecule has 4 heteroatoms. The molecule has 2 aromatic rings. The van der Waals surface area contributed by atoms with Crippen molar-refractivity contribution in [2.24, 2.45) is 0 Å². The fourth-order valence-corrected chi connectivity index (χ4v) is 2.21. The first-order valence-corrected chi connectivity index (χ1v) is 7.35. The van der Waals surface area contributed by atoms with Crippen LogP contribution >= 0.6 is 15.9 Å². The zero-order valence-electron chi connectivity index (χ0n) is 10.8. The monoisotopic (exact) mass is 321 g/mol. The van der Waals surface area contributed by atoms with Gasteiger partial charge >= 0.3 is 0 Å². The predicted molar refractivity (Wildman–Crippen MR) is 78.3 cm³/mol. The Morgan fingerprint density at radius 1 is 1.21 bits per heavy atom. The van der Waals surface area contributed by atoms with Crippen LogP contribution in [-0.4, -0.2) is 5.91 Å². The van der Waals surface area contributed by atoms with Gasteiger partial charge < -0.3 is 9.73 Å². The molecular formula is C15H16BrNO2. The second-order valence-electron chi connectivity index (χ2n) is 4.24. The maximum Gasteiger partial charge on any atom is 0.255 e. The lowest BCUT2D eigenvalue weighted by Crippen LogP contribution is -2.23. The Kier molecular flexibility index (Phi) is 4.80. The van der Waals surface area contributed by atoms with E-state index in [1.807, 2.05) is 31.2 Å². The van der Waals surface area contributed by atoms with E-state index in [4.69, 9.17) is 4.42 Å². The van der Waals surface area contributed by atoms with Crippen molar-refractivity contribution >= 4 is 21.8 Å². The van der Waals surface area contributed by atoms with Crippen LogP contribution in [0.4, 0.5) is 0 Å². The highest BCUT2D eigenvalue weighted by atomic mass is 79.9. The number of benzene rings is 1. The van der Waals surface area contributed by atoms with Gasteiger partial charge in [0.25, 0.3) is 5.91 Å². The van der Waals surface area contributed by atoms with Gasteiger partial charge in [-0.05, 0) is 17.2 Å². The van der Waals surface area contributed by atoms with E-state index >= 15 is 0 Å². The average molecular weight is 322 g/mol. The van der Waals surface area contributed by atoms with E-state index in [1.54, 1.807) is 12.3 Å². The van der Waals surface area contributed by atoms with Gasteiger partial charge in [0.1, 0.15) is 5.76 Å². The Morgan fingerprint density at radius 2 is 1.89 bits per heavy atom. The van der Waals surface area contributed by atoms with Gasteiger partial charge in [0, 0.05) is 18.3 Å². The predicted octanol–water partition coefficient (Wildman–Crippen LogP) is 3.67. The number of halogens is 1. The average Bonchev–Trinajstić information content (AvgIpc) is 2.93. The molecular weight excluding hydrogens is 306 g/mol. The molecule has 0 bridgehead atoms. The van der Waals surface area contributed by atoms with E-state index in [0.29, 0.717) is 12.1 Å². The second-order valence-corrected chi connectivity index (χ2v) is 4.80. The number of hydrogen-bond donors (Lipinski definition) is 1. The molecule has 0 radical (unpaired) electrons. The van der Waals surface area contributed by atoms with Gasteiger partial charge in [-0.1, -0.05) is 47.1 Å². The summed E-state index contributed by atoms with van der Waals surface area (Å²) in [5.41, 5.74) is 2.93. The van der Waals surface area contributed by atoms with Gasteiger partial charge in [0.2, 0.25) is 0 Å². The Bertz CT molecular complexity index is 546. The van der Waals surface area contributed by atoms with Crippen LogP contribution in [-0.2, 0) is 18.3 Å². The summed E-state index contributed by atoms with van der Waals surface area (Å²) in [5, 5.41) is 3.74. The number of carbonyl (C=O) groups excluding carboxylic acids is 1. The van der Waals surface area contributed by atoms with Crippen LogP contribution in [0.3, 0.4) is 0 Å². The molecule has 0 aliphatic carbocycles. The van der Waals surface area contributed by atoms with Gasteiger partial charge in [0.05, 0.1) is 11.8 Å². The standard InChI is InChI=1S/C15H16BrNO2/c1-2-14-13(7-8-19-14)15(18)17-10-12-5-3-11(9-16)4-6-12/h3-8H,2,9-10H2,1H3,(H,17,18). The molecule has 100 valence electrons. The van der Waals surface area contributed by atoms with Crippen molar-refractivity contribution < 1.29 is 9.21 Å². The fraction of sp³-hybridized carbons (Fsp3) is 0.267. The van der Waals surface area contributed by atoms with Crippen molar-refractivity contribution in [1.82, 2.24) is 5.32 Å². The van der Waals surface area contributed by atoms with Gasteiger partial charge in [-0.3, -0.25) is 4.79 Å².